The Morgan fingerprint density at radius 1 is 1.38 bits per heavy atom. The number of fused-ring (bicyclic) bond motifs is 2. The van der Waals surface area contributed by atoms with Crippen LogP contribution in [0.15, 0.2) is 18.3 Å². The predicted octanol–water partition coefficient (Wildman–Crippen LogP) is 2.61. The lowest BCUT2D eigenvalue weighted by Gasteiger charge is -2.40. The summed E-state index contributed by atoms with van der Waals surface area (Å²) in [7, 11) is 4.03. The Labute approximate surface area is 127 Å². The Morgan fingerprint density at radius 3 is 2.71 bits per heavy atom. The van der Waals surface area contributed by atoms with Gasteiger partial charge in [-0.2, -0.15) is 0 Å². The van der Waals surface area contributed by atoms with Crippen molar-refractivity contribution >= 4 is 0 Å². The summed E-state index contributed by atoms with van der Waals surface area (Å²) in [4.78, 5) is 7.22. The maximum Gasteiger partial charge on any atom is 0.141 e. The predicted molar refractivity (Wildman–Crippen MR) is 84.5 cm³/mol. The van der Waals surface area contributed by atoms with E-state index < -0.39 is 0 Å². The van der Waals surface area contributed by atoms with E-state index >= 15 is 0 Å². The average molecular weight is 289 g/mol. The second-order valence-electron chi connectivity index (χ2n) is 6.41. The highest BCUT2D eigenvalue weighted by molar-refractivity contribution is 5.30. The van der Waals surface area contributed by atoms with E-state index in [4.69, 9.17) is 4.74 Å². The second kappa shape index (κ2) is 6.32. The zero-order valence-electron chi connectivity index (χ0n) is 13.4. The summed E-state index contributed by atoms with van der Waals surface area (Å²) in [5.74, 6) is 1.57. The molecule has 1 aromatic rings. The number of hydrogen-bond acceptors (Lipinski definition) is 4. The zero-order chi connectivity index (χ0) is 14.8. The molecule has 4 nitrogen and oxygen atoms in total. The van der Waals surface area contributed by atoms with Crippen LogP contribution in [0.2, 0.25) is 0 Å². The fraction of sp³-hybridized carbons (Fsp3) is 0.706. The van der Waals surface area contributed by atoms with Crippen LogP contribution in [0, 0.1) is 5.92 Å². The van der Waals surface area contributed by atoms with E-state index in [9.17, 15) is 0 Å². The van der Waals surface area contributed by atoms with Gasteiger partial charge in [0.05, 0.1) is 18.8 Å². The number of methoxy groups -OCH3 is 1. The van der Waals surface area contributed by atoms with Crippen LogP contribution in [0.4, 0.5) is 0 Å². The molecule has 2 saturated heterocycles. The third-order valence-corrected chi connectivity index (χ3v) is 5.34. The van der Waals surface area contributed by atoms with Gasteiger partial charge in [0.25, 0.3) is 0 Å². The summed E-state index contributed by atoms with van der Waals surface area (Å²) < 4.78 is 5.54. The molecule has 0 aliphatic carbocycles. The molecule has 2 bridgehead atoms. The first-order valence-corrected chi connectivity index (χ1v) is 8.18. The summed E-state index contributed by atoms with van der Waals surface area (Å²) in [5.41, 5.74) is 1.08. The number of rotatable bonds is 5. The summed E-state index contributed by atoms with van der Waals surface area (Å²) in [6, 6.07) is 5.79. The highest BCUT2D eigenvalue weighted by Crippen LogP contribution is 2.43. The minimum Gasteiger partial charge on any atom is -0.495 e. The van der Waals surface area contributed by atoms with Crippen molar-refractivity contribution in [3.8, 4) is 5.75 Å². The molecule has 0 aromatic carbocycles. The monoisotopic (exact) mass is 289 g/mol. The van der Waals surface area contributed by atoms with Crippen molar-refractivity contribution in [2.45, 2.75) is 50.7 Å². The lowest BCUT2D eigenvalue weighted by molar-refractivity contribution is 0.111. The molecule has 2 fully saturated rings. The summed E-state index contributed by atoms with van der Waals surface area (Å²) in [5, 5.41) is 3.67. The van der Waals surface area contributed by atoms with E-state index in [2.05, 4.69) is 29.2 Å². The number of ether oxygens (including phenoxy) is 1. The second-order valence-corrected chi connectivity index (χ2v) is 6.41. The van der Waals surface area contributed by atoms with Crippen molar-refractivity contribution in [1.29, 1.82) is 0 Å². The van der Waals surface area contributed by atoms with Gasteiger partial charge in [0.1, 0.15) is 5.75 Å². The van der Waals surface area contributed by atoms with Crippen molar-refractivity contribution in [2.75, 3.05) is 20.7 Å². The molecule has 1 N–H and O–H groups in total. The van der Waals surface area contributed by atoms with Gasteiger partial charge in [-0.25, -0.2) is 0 Å². The van der Waals surface area contributed by atoms with Crippen LogP contribution in [0.25, 0.3) is 0 Å². The highest BCUT2D eigenvalue weighted by Gasteiger charge is 2.41. The molecule has 3 heterocycles. The average Bonchev–Trinajstić information content (AvgIpc) is 2.74. The first-order chi connectivity index (χ1) is 10.2. The van der Waals surface area contributed by atoms with E-state index in [-0.39, 0.29) is 0 Å². The van der Waals surface area contributed by atoms with E-state index in [1.54, 1.807) is 7.11 Å². The third-order valence-electron chi connectivity index (χ3n) is 5.34. The van der Waals surface area contributed by atoms with Crippen molar-refractivity contribution in [2.24, 2.45) is 5.92 Å². The molecular formula is C17H27N3O. The topological polar surface area (TPSA) is 37.4 Å². The minimum absolute atomic E-state index is 0.308. The van der Waals surface area contributed by atoms with Crippen molar-refractivity contribution < 1.29 is 4.74 Å². The highest BCUT2D eigenvalue weighted by atomic mass is 16.5. The summed E-state index contributed by atoms with van der Waals surface area (Å²) in [6.07, 6.45) is 7.13. The largest absolute Gasteiger partial charge is 0.495 e. The Bertz CT molecular complexity index is 465. The molecule has 1 aromatic heterocycles. The molecule has 116 valence electrons. The van der Waals surface area contributed by atoms with Gasteiger partial charge in [0.15, 0.2) is 0 Å². The fourth-order valence-electron chi connectivity index (χ4n) is 4.24. The smallest absolute Gasteiger partial charge is 0.141 e. The molecule has 4 heteroatoms. The Balaban J connectivity index is 1.85. The van der Waals surface area contributed by atoms with Gasteiger partial charge in [-0.15, -0.1) is 0 Å². The Kier molecular flexibility index (Phi) is 4.45. The maximum atomic E-state index is 5.54. The van der Waals surface area contributed by atoms with Gasteiger partial charge in [0, 0.05) is 18.3 Å². The number of pyridine rings is 1. The van der Waals surface area contributed by atoms with E-state index in [1.807, 2.05) is 18.3 Å². The summed E-state index contributed by atoms with van der Waals surface area (Å²) >= 11 is 0. The number of piperidine rings is 1. The van der Waals surface area contributed by atoms with Crippen LogP contribution >= 0.6 is 0 Å². The lowest BCUT2D eigenvalue weighted by Crippen LogP contribution is -2.44. The van der Waals surface area contributed by atoms with E-state index in [1.165, 1.54) is 25.7 Å². The molecule has 21 heavy (non-hydrogen) atoms. The van der Waals surface area contributed by atoms with Crippen LogP contribution in [0.5, 0.6) is 5.75 Å². The van der Waals surface area contributed by atoms with Gasteiger partial charge >= 0.3 is 0 Å². The normalized spacial score (nSPS) is 30.3. The molecule has 2 aliphatic heterocycles. The molecule has 0 radical (unpaired) electrons. The van der Waals surface area contributed by atoms with Crippen LogP contribution in [0.1, 0.15) is 44.3 Å². The van der Waals surface area contributed by atoms with Crippen molar-refractivity contribution in [3.05, 3.63) is 24.0 Å². The molecular weight excluding hydrogens is 262 g/mol. The molecule has 0 spiro atoms. The van der Waals surface area contributed by atoms with Crippen molar-refractivity contribution in [1.82, 2.24) is 15.2 Å². The Morgan fingerprint density at radius 2 is 2.10 bits per heavy atom. The third kappa shape index (κ3) is 2.79. The van der Waals surface area contributed by atoms with E-state index in [0.29, 0.717) is 12.0 Å². The quantitative estimate of drug-likeness (QED) is 0.904. The molecule has 3 atom stereocenters. The maximum absolute atomic E-state index is 5.54. The Hall–Kier alpha value is -1.13. The molecule has 2 aliphatic rings. The number of nitrogens with zero attached hydrogens (tertiary/aromatic N) is 2. The van der Waals surface area contributed by atoms with Crippen molar-refractivity contribution in [3.63, 3.8) is 0 Å². The van der Waals surface area contributed by atoms with Crippen LogP contribution in [-0.4, -0.2) is 42.7 Å². The fourth-order valence-corrected chi connectivity index (χ4v) is 4.24. The molecule has 3 rings (SSSR count). The lowest BCUT2D eigenvalue weighted by atomic mass is 9.83. The van der Waals surface area contributed by atoms with Crippen LogP contribution in [-0.2, 0) is 0 Å². The van der Waals surface area contributed by atoms with Gasteiger partial charge in [-0.1, -0.05) is 6.92 Å². The van der Waals surface area contributed by atoms with Gasteiger partial charge in [-0.3, -0.25) is 4.98 Å². The molecule has 0 saturated carbocycles. The van der Waals surface area contributed by atoms with Crippen LogP contribution < -0.4 is 10.1 Å². The van der Waals surface area contributed by atoms with Crippen LogP contribution in [0.3, 0.4) is 0 Å². The standard InChI is InChI=1S/C17H27N3O/c1-4-18-16(17-15(21-3)6-5-9-19-17)12-10-13-7-8-14(11-12)20(13)2/h5-6,9,12-14,16,18H,4,7-8,10-11H2,1-3H3. The molecule has 0 amide bonds. The number of nitrogens with one attached hydrogen (secondary N) is 1. The summed E-state index contributed by atoms with van der Waals surface area (Å²) in [6.45, 7) is 3.14. The van der Waals surface area contributed by atoms with Gasteiger partial charge in [0.2, 0.25) is 0 Å². The van der Waals surface area contributed by atoms with E-state index in [0.717, 1.165) is 30.1 Å². The molecule has 3 unspecified atom stereocenters. The minimum atomic E-state index is 0.308. The van der Waals surface area contributed by atoms with Gasteiger partial charge in [-0.05, 0) is 57.3 Å². The first kappa shape index (κ1) is 14.8. The zero-order valence-corrected chi connectivity index (χ0v) is 13.4. The first-order valence-electron chi connectivity index (χ1n) is 8.18. The number of aromatic nitrogens is 1. The number of hydrogen-bond donors (Lipinski definition) is 1. The van der Waals surface area contributed by atoms with Gasteiger partial charge < -0.3 is 15.0 Å². The SMILES string of the molecule is CCNC(c1ncccc1OC)C1CC2CCC(C1)N2C.